The molecule has 4 aliphatic carbocycles. The summed E-state index contributed by atoms with van der Waals surface area (Å²) in [4.78, 5) is 0. The fraction of sp³-hybridized carbons (Fsp3) is 0.261. The smallest absolute Gasteiger partial charge is 1.00 e. The van der Waals surface area contributed by atoms with Gasteiger partial charge < -0.3 is 24.8 Å². The van der Waals surface area contributed by atoms with Crippen LogP contribution in [0.1, 0.15) is 60.8 Å². The molecule has 0 radical (unpaired) electrons. The van der Waals surface area contributed by atoms with Gasteiger partial charge in [0, 0.05) is 10.8 Å². The molecule has 0 amide bonds. The van der Waals surface area contributed by atoms with Crippen LogP contribution in [-0.4, -0.2) is 5.43 Å². The SMILES string of the molecule is C1=CCC(c2ccccc2)(c2ccccc2)C2CC[CH-]C2=C1.C1=CCC(c2ccccc2)(c2ccccc2)C2CC[CH-]C2=C1.C[Si](C)=[Zr+2].[Cl-].[Cl-]. The van der Waals surface area contributed by atoms with Gasteiger partial charge in [0.25, 0.3) is 0 Å². The van der Waals surface area contributed by atoms with Crippen molar-refractivity contribution in [3.05, 3.63) is 204 Å². The molecule has 0 aliphatic heterocycles. The van der Waals surface area contributed by atoms with Gasteiger partial charge in [-0.05, 0) is 46.9 Å². The molecule has 0 aromatic heterocycles. The fourth-order valence-electron chi connectivity index (χ4n) is 8.58. The maximum Gasteiger partial charge on any atom is -1.00 e. The summed E-state index contributed by atoms with van der Waals surface area (Å²) >= 11 is 1.74. The van der Waals surface area contributed by atoms with E-state index in [9.17, 15) is 0 Å². The molecule has 4 aromatic carbocycles. The number of hydrogen-bond donors (Lipinski definition) is 0. The Kier molecular flexibility index (Phi) is 15.4. The maximum atomic E-state index is 2.43. The first kappa shape index (κ1) is 40.0. The summed E-state index contributed by atoms with van der Waals surface area (Å²) in [5.74, 6) is 1.15. The van der Waals surface area contributed by atoms with Crippen molar-refractivity contribution in [2.75, 3.05) is 0 Å². The van der Waals surface area contributed by atoms with E-state index in [2.05, 4.69) is 184 Å². The molecule has 0 bridgehead atoms. The second kappa shape index (κ2) is 19.2. The van der Waals surface area contributed by atoms with E-state index in [0.717, 1.165) is 12.8 Å². The van der Waals surface area contributed by atoms with E-state index >= 15 is 0 Å². The Morgan fingerprint density at radius 1 is 0.520 bits per heavy atom. The maximum absolute atomic E-state index is 2.43. The van der Waals surface area contributed by atoms with Crippen LogP contribution in [-0.2, 0) is 34.2 Å². The first-order valence-corrected chi connectivity index (χ1v) is 23.9. The molecule has 4 heteroatoms. The molecular weight excluding hydrogens is 743 g/mol. The van der Waals surface area contributed by atoms with Crippen LogP contribution in [0.2, 0.25) is 13.1 Å². The summed E-state index contributed by atoms with van der Waals surface area (Å²) in [6, 6.07) is 44.3. The van der Waals surface area contributed by atoms with Crippen molar-refractivity contribution in [3.8, 4) is 0 Å². The summed E-state index contributed by atoms with van der Waals surface area (Å²) in [5.41, 5.74) is 9.14. The van der Waals surface area contributed by atoms with Gasteiger partial charge in [-0.15, -0.1) is 37.1 Å². The molecule has 0 heterocycles. The molecule has 0 N–H and O–H groups in total. The summed E-state index contributed by atoms with van der Waals surface area (Å²) in [5, 5.41) is 0. The molecular formula is C46H48Cl2SiZr-2. The zero-order valence-electron chi connectivity index (χ0n) is 29.3. The van der Waals surface area contributed by atoms with Crippen LogP contribution in [0.25, 0.3) is 0 Å². The second-order valence-corrected chi connectivity index (χ2v) is 23.0. The molecule has 256 valence electrons. The summed E-state index contributed by atoms with van der Waals surface area (Å²) < 4.78 is 0. The number of halogens is 2. The Morgan fingerprint density at radius 2 is 0.800 bits per heavy atom. The van der Waals surface area contributed by atoms with Crippen LogP contribution < -0.4 is 24.8 Å². The van der Waals surface area contributed by atoms with E-state index in [1.54, 1.807) is 23.3 Å². The Bertz CT molecular complexity index is 1550. The topological polar surface area (TPSA) is 0 Å². The van der Waals surface area contributed by atoms with Gasteiger partial charge >= 0.3 is 41.9 Å². The summed E-state index contributed by atoms with van der Waals surface area (Å²) in [6.45, 7) is 4.62. The molecule has 2 saturated carbocycles. The standard InChI is InChI=1S/2C22H21.C2H6Si.2ClH.Zr/c2*1-3-12-19(13-4-1)22(20-14-5-2-6-15-20)17-8-7-10-18-11-9-16-21(18)22;1-3-2;;;/h2*1-8,10-15,21H,9,16-17H2;1-2H3;2*1H;/q2*-1;;;;+2/p-2. The Hall–Kier alpha value is -2.74. The van der Waals surface area contributed by atoms with Crippen LogP contribution in [0.15, 0.2) is 169 Å². The number of allylic oxidation sites excluding steroid dienone is 8. The van der Waals surface area contributed by atoms with Crippen LogP contribution in [0, 0.1) is 24.7 Å². The van der Waals surface area contributed by atoms with E-state index in [1.165, 1.54) is 59.1 Å². The van der Waals surface area contributed by atoms with Crippen LogP contribution in [0.5, 0.6) is 0 Å². The van der Waals surface area contributed by atoms with Crippen molar-refractivity contribution in [2.45, 2.75) is 62.4 Å². The zero-order chi connectivity index (χ0) is 33.2. The molecule has 0 spiro atoms. The fourth-order valence-corrected chi connectivity index (χ4v) is 8.58. The summed E-state index contributed by atoms with van der Waals surface area (Å²) in [6.07, 6.45) is 25.7. The monoisotopic (exact) mass is 788 g/mol. The van der Waals surface area contributed by atoms with Crippen LogP contribution >= 0.6 is 0 Å². The van der Waals surface area contributed by atoms with E-state index < -0.39 is 0 Å². The van der Waals surface area contributed by atoms with Crippen molar-refractivity contribution in [3.63, 3.8) is 0 Å². The van der Waals surface area contributed by atoms with Crippen molar-refractivity contribution in [2.24, 2.45) is 11.8 Å². The van der Waals surface area contributed by atoms with Gasteiger partial charge in [-0.25, -0.2) is 36.1 Å². The van der Waals surface area contributed by atoms with Gasteiger partial charge in [-0.3, -0.25) is 0 Å². The molecule has 2 atom stereocenters. The Labute approximate surface area is 329 Å². The van der Waals surface area contributed by atoms with Crippen molar-refractivity contribution in [1.82, 2.24) is 0 Å². The quantitative estimate of drug-likeness (QED) is 0.183. The van der Waals surface area contributed by atoms with Gasteiger partial charge in [0.2, 0.25) is 0 Å². The average molecular weight is 791 g/mol. The molecule has 50 heavy (non-hydrogen) atoms. The van der Waals surface area contributed by atoms with Crippen molar-refractivity contribution in [1.29, 1.82) is 0 Å². The number of hydrogen-bond acceptors (Lipinski definition) is 0. The van der Waals surface area contributed by atoms with Crippen LogP contribution in [0.3, 0.4) is 0 Å². The van der Waals surface area contributed by atoms with E-state index in [1.807, 2.05) is 0 Å². The predicted molar refractivity (Wildman–Crippen MR) is 203 cm³/mol. The number of rotatable bonds is 4. The van der Waals surface area contributed by atoms with Crippen LogP contribution in [0.4, 0.5) is 0 Å². The summed E-state index contributed by atoms with van der Waals surface area (Å²) in [7, 11) is 0. The number of fused-ring (bicyclic) bond motifs is 2. The molecule has 8 rings (SSSR count). The van der Waals surface area contributed by atoms with Gasteiger partial charge in [-0.1, -0.05) is 134 Å². The first-order chi connectivity index (χ1) is 23.6. The van der Waals surface area contributed by atoms with Crippen molar-refractivity contribution >= 4 is 5.43 Å². The van der Waals surface area contributed by atoms with Gasteiger partial charge in [0.15, 0.2) is 0 Å². The number of benzene rings is 4. The minimum Gasteiger partial charge on any atom is -1.00 e. The van der Waals surface area contributed by atoms with E-state index in [0.29, 0.717) is 11.8 Å². The zero-order valence-corrected chi connectivity index (χ0v) is 34.3. The van der Waals surface area contributed by atoms with E-state index in [4.69, 9.17) is 0 Å². The van der Waals surface area contributed by atoms with Gasteiger partial charge in [-0.2, -0.15) is 0 Å². The average Bonchev–Trinajstić information content (AvgIpc) is 3.72. The van der Waals surface area contributed by atoms with Crippen molar-refractivity contribution < 1.29 is 48.1 Å². The van der Waals surface area contributed by atoms with Gasteiger partial charge in [0.1, 0.15) is 0 Å². The molecule has 2 unspecified atom stereocenters. The Morgan fingerprint density at radius 3 is 1.08 bits per heavy atom. The van der Waals surface area contributed by atoms with Gasteiger partial charge in [0.05, 0.1) is 0 Å². The first-order valence-electron chi connectivity index (χ1n) is 17.7. The molecule has 4 aliphatic rings. The minimum absolute atomic E-state index is 0. The largest absolute Gasteiger partial charge is 1.00 e. The normalized spacial score (nSPS) is 20.2. The van der Waals surface area contributed by atoms with E-state index in [-0.39, 0.29) is 41.1 Å². The Balaban J connectivity index is 0.000000196. The predicted octanol–water partition coefficient (Wildman–Crippen LogP) is 5.74. The minimum atomic E-state index is 0. The third-order valence-corrected chi connectivity index (χ3v) is 10.6. The third-order valence-electron chi connectivity index (χ3n) is 10.6. The third kappa shape index (κ3) is 8.65. The molecule has 4 aromatic rings. The molecule has 0 saturated heterocycles. The molecule has 0 nitrogen and oxygen atoms in total. The molecule has 2 fully saturated rings. The second-order valence-electron chi connectivity index (χ2n) is 13.7.